The molecule has 114 valence electrons. The Morgan fingerprint density at radius 3 is 0.778 bits per heavy atom. The SMILES string of the molecule is CC[PH+](CC)CC.CC[PH+](CC)CC.[C-]#N.[Cl][Pt+]. The zero-order valence-electron chi connectivity index (χ0n) is 12.9. The van der Waals surface area contributed by atoms with E-state index in [0.717, 1.165) is 0 Å². The Morgan fingerprint density at radius 2 is 0.778 bits per heavy atom. The second kappa shape index (κ2) is 31.0. The summed E-state index contributed by atoms with van der Waals surface area (Å²) < 4.78 is 0. The molecule has 0 aromatic heterocycles. The maximum absolute atomic E-state index is 6.25. The molecule has 0 aliphatic rings. The van der Waals surface area contributed by atoms with Crippen molar-refractivity contribution in [3.63, 3.8) is 0 Å². The van der Waals surface area contributed by atoms with Gasteiger partial charge < -0.3 is 11.8 Å². The van der Waals surface area contributed by atoms with Gasteiger partial charge >= 0.3 is 28.2 Å². The zero-order chi connectivity index (χ0) is 15.4. The predicted octanol–water partition coefficient (Wildman–Crippen LogP) is 5.30. The Hall–Kier alpha value is 1.33. The summed E-state index contributed by atoms with van der Waals surface area (Å²) in [6, 6.07) is 0. The Labute approximate surface area is 134 Å². The van der Waals surface area contributed by atoms with Crippen LogP contribution in [0.15, 0.2) is 0 Å². The van der Waals surface area contributed by atoms with Crippen LogP contribution in [-0.4, -0.2) is 37.0 Å². The molecule has 0 amide bonds. The minimum atomic E-state index is 0.137. The van der Waals surface area contributed by atoms with E-state index in [2.05, 4.69) is 51.0 Å². The van der Waals surface area contributed by atoms with Gasteiger partial charge in [-0.1, -0.05) is 0 Å². The average Bonchev–Trinajstić information content (AvgIpc) is 2.48. The van der Waals surface area contributed by atoms with E-state index in [1.54, 1.807) is 18.8 Å². The van der Waals surface area contributed by atoms with E-state index in [4.69, 9.17) is 11.8 Å². The molecule has 0 fully saturated rings. The molecule has 0 aliphatic heterocycles. The van der Waals surface area contributed by atoms with E-state index < -0.39 is 0 Å². The fourth-order valence-corrected chi connectivity index (χ4v) is 4.50. The van der Waals surface area contributed by atoms with Crippen molar-refractivity contribution in [1.29, 1.82) is 5.26 Å². The van der Waals surface area contributed by atoms with Crippen molar-refractivity contribution < 1.29 is 18.8 Å². The monoisotopic (exact) mass is 494 g/mol. The molecule has 5 heteroatoms. The number of nitrogens with zero attached hydrogens (tertiary/aromatic N) is 1. The molecule has 0 N–H and O–H groups in total. The van der Waals surface area contributed by atoms with Crippen LogP contribution in [0.25, 0.3) is 0 Å². The molecule has 1 nitrogen and oxygen atoms in total. The third-order valence-electron chi connectivity index (χ3n) is 3.00. The van der Waals surface area contributed by atoms with Gasteiger partial charge in [0.15, 0.2) is 0 Å². The maximum atomic E-state index is 6.25. The van der Waals surface area contributed by atoms with Crippen LogP contribution in [0.1, 0.15) is 41.5 Å². The van der Waals surface area contributed by atoms with Gasteiger partial charge in [-0.2, -0.15) is 0 Å². The molecule has 0 aliphatic carbocycles. The average molecular weight is 495 g/mol. The number of hydrogen-bond acceptors (Lipinski definition) is 1. The first-order chi connectivity index (χ1) is 8.69. The molecular weight excluding hydrogens is 463 g/mol. The van der Waals surface area contributed by atoms with E-state index in [1.807, 2.05) is 0 Å². The van der Waals surface area contributed by atoms with Crippen LogP contribution < -0.4 is 0 Å². The normalized spacial score (nSPS) is 8.50. The topological polar surface area (TPSA) is 23.8 Å². The zero-order valence-corrected chi connectivity index (χ0v) is 17.9. The molecule has 0 saturated heterocycles. The van der Waals surface area contributed by atoms with E-state index >= 15 is 0 Å². The molecule has 0 rings (SSSR count). The Kier molecular flexibility index (Phi) is 47.6. The van der Waals surface area contributed by atoms with E-state index in [1.165, 1.54) is 37.0 Å². The second-order valence-corrected chi connectivity index (χ2v) is 10.9. The standard InChI is InChI=1S/2C6H15P.CN.ClH.Pt/c2*1-4-7(5-2)6-3;1-2;;/h2*4-6H2,1-3H3;;1H;/q;;-1;;+2/p+1. The summed E-state index contributed by atoms with van der Waals surface area (Å²) in [5.74, 6) is 0. The molecule has 18 heavy (non-hydrogen) atoms. The molecule has 0 atom stereocenters. The van der Waals surface area contributed by atoms with Gasteiger partial charge in [0.25, 0.3) is 0 Å². The summed E-state index contributed by atoms with van der Waals surface area (Å²) >= 11 is 1.61. The first-order valence-electron chi connectivity index (χ1n) is 6.71. The van der Waals surface area contributed by atoms with E-state index in [-0.39, 0.29) is 15.8 Å². The fourth-order valence-electron chi connectivity index (χ4n) is 1.50. The summed E-state index contributed by atoms with van der Waals surface area (Å²) in [6.45, 7) is 18.6. The van der Waals surface area contributed by atoms with Crippen molar-refractivity contribution in [2.45, 2.75) is 41.5 Å². The van der Waals surface area contributed by atoms with E-state index in [0.29, 0.717) is 0 Å². The number of hydrogen-bond donors (Lipinski definition) is 0. The van der Waals surface area contributed by atoms with Gasteiger partial charge in [-0.3, -0.25) is 0 Å². The van der Waals surface area contributed by atoms with Crippen LogP contribution in [0.3, 0.4) is 0 Å². The van der Waals surface area contributed by atoms with Gasteiger partial charge in [-0.15, -0.1) is 0 Å². The third-order valence-corrected chi connectivity index (χ3v) is 9.00. The van der Waals surface area contributed by atoms with Gasteiger partial charge in [0.1, 0.15) is 0 Å². The summed E-state index contributed by atoms with van der Waals surface area (Å²) in [7, 11) is 4.89. The van der Waals surface area contributed by atoms with Crippen LogP contribution in [0, 0.1) is 11.8 Å². The van der Waals surface area contributed by atoms with Gasteiger partial charge in [0, 0.05) is 0 Å². The summed E-state index contributed by atoms with van der Waals surface area (Å²) in [4.78, 5) is 0. The summed E-state index contributed by atoms with van der Waals surface area (Å²) in [5, 5.41) is 6.25. The Balaban J connectivity index is -0.0000000851. The molecular formula is C13H32ClNP2Pt+2. The predicted molar refractivity (Wildman–Crippen MR) is 90.7 cm³/mol. The van der Waals surface area contributed by atoms with Crippen LogP contribution in [0.4, 0.5) is 0 Å². The Morgan fingerprint density at radius 1 is 0.667 bits per heavy atom. The molecule has 0 bridgehead atoms. The van der Waals surface area contributed by atoms with Crippen LogP contribution in [-0.2, 0) is 18.8 Å². The van der Waals surface area contributed by atoms with Crippen molar-refractivity contribution in [2.75, 3.05) is 37.0 Å². The second-order valence-electron chi connectivity index (χ2n) is 3.62. The van der Waals surface area contributed by atoms with Gasteiger partial charge in [-0.05, 0) is 57.4 Å². The third kappa shape index (κ3) is 26.0. The quantitative estimate of drug-likeness (QED) is 0.363. The molecule has 0 radical (unpaired) electrons. The van der Waals surface area contributed by atoms with Crippen molar-refractivity contribution in [2.24, 2.45) is 0 Å². The van der Waals surface area contributed by atoms with Gasteiger partial charge in [0.05, 0.1) is 37.0 Å². The van der Waals surface area contributed by atoms with Crippen molar-refractivity contribution in [1.82, 2.24) is 0 Å². The summed E-state index contributed by atoms with van der Waals surface area (Å²) in [5.41, 5.74) is 0. The minimum absolute atomic E-state index is 0.137. The van der Waals surface area contributed by atoms with Crippen LogP contribution in [0.2, 0.25) is 0 Å². The Bertz CT molecular complexity index is 106. The first kappa shape index (κ1) is 27.6. The molecule has 0 spiro atoms. The van der Waals surface area contributed by atoms with Gasteiger partial charge in [0.2, 0.25) is 0 Å². The van der Waals surface area contributed by atoms with Crippen LogP contribution in [0.5, 0.6) is 0 Å². The molecule has 0 heterocycles. The van der Waals surface area contributed by atoms with Crippen molar-refractivity contribution in [3.8, 4) is 0 Å². The van der Waals surface area contributed by atoms with E-state index in [9.17, 15) is 0 Å². The van der Waals surface area contributed by atoms with Crippen molar-refractivity contribution in [3.05, 3.63) is 6.57 Å². The molecule has 0 saturated carbocycles. The number of halogens is 1. The molecule has 0 aromatic carbocycles. The number of rotatable bonds is 6. The van der Waals surface area contributed by atoms with Crippen LogP contribution >= 0.6 is 25.3 Å². The molecule has 0 unspecified atom stereocenters. The van der Waals surface area contributed by atoms with Crippen molar-refractivity contribution >= 4 is 25.3 Å². The first-order valence-corrected chi connectivity index (χ1v) is 13.8. The van der Waals surface area contributed by atoms with Gasteiger partial charge in [-0.25, -0.2) is 0 Å². The molecule has 0 aromatic rings. The fraction of sp³-hybridized carbons (Fsp3) is 0.923. The summed E-state index contributed by atoms with van der Waals surface area (Å²) in [6.07, 6.45) is 8.74.